The van der Waals surface area contributed by atoms with Gasteiger partial charge in [0.15, 0.2) is 0 Å². The van der Waals surface area contributed by atoms with E-state index in [0.29, 0.717) is 19.1 Å². The number of benzene rings is 1. The van der Waals surface area contributed by atoms with Crippen molar-refractivity contribution in [3.05, 3.63) is 42.2 Å². The first-order valence-electron chi connectivity index (χ1n) is 11.1. The van der Waals surface area contributed by atoms with Crippen molar-refractivity contribution in [1.82, 2.24) is 19.7 Å². The van der Waals surface area contributed by atoms with Gasteiger partial charge in [-0.3, -0.25) is 14.9 Å². The molecule has 1 N–H and O–H groups in total. The molecule has 2 amide bonds. The molecule has 2 fully saturated rings. The number of carbonyl (C=O) groups excluding carboxylic acids is 2. The van der Waals surface area contributed by atoms with E-state index in [1.165, 1.54) is 24.8 Å². The van der Waals surface area contributed by atoms with Gasteiger partial charge in [-0.25, -0.2) is 9.67 Å². The standard InChI is InChI=1S/C23H31N5O2/c1-23(18-9-4-2-5-10-18)13-8-15-27(16-14-23)21(30)20(29)25-22-24-17-28(26-22)19-11-6-3-7-12-19/h2,4-5,9-10,17,19H,3,6-8,11-16H2,1H3,(H,25,26,29). The lowest BCUT2D eigenvalue weighted by molar-refractivity contribution is -0.143. The Kier molecular flexibility index (Phi) is 6.16. The van der Waals surface area contributed by atoms with E-state index in [-0.39, 0.29) is 11.4 Å². The number of anilines is 1. The van der Waals surface area contributed by atoms with Gasteiger partial charge in [0.25, 0.3) is 0 Å². The summed E-state index contributed by atoms with van der Waals surface area (Å²) in [6.07, 6.45) is 10.2. The molecule has 1 saturated carbocycles. The van der Waals surface area contributed by atoms with Gasteiger partial charge in [0.2, 0.25) is 5.95 Å². The summed E-state index contributed by atoms with van der Waals surface area (Å²) in [6, 6.07) is 10.8. The van der Waals surface area contributed by atoms with E-state index in [2.05, 4.69) is 46.6 Å². The van der Waals surface area contributed by atoms with Gasteiger partial charge in [0, 0.05) is 13.1 Å². The van der Waals surface area contributed by atoms with Crippen LogP contribution in [0.15, 0.2) is 36.7 Å². The van der Waals surface area contributed by atoms with Crippen molar-refractivity contribution in [2.24, 2.45) is 0 Å². The minimum absolute atomic E-state index is 0.0209. The fraction of sp³-hybridized carbons (Fsp3) is 0.565. The van der Waals surface area contributed by atoms with Crippen LogP contribution < -0.4 is 5.32 Å². The molecule has 4 rings (SSSR count). The van der Waals surface area contributed by atoms with Gasteiger partial charge in [-0.15, -0.1) is 5.10 Å². The van der Waals surface area contributed by atoms with E-state index in [1.54, 1.807) is 11.2 Å². The molecule has 1 atom stereocenters. The number of nitrogens with one attached hydrogen (secondary N) is 1. The van der Waals surface area contributed by atoms with Crippen LogP contribution in [0.4, 0.5) is 5.95 Å². The van der Waals surface area contributed by atoms with Crippen LogP contribution in [0.25, 0.3) is 0 Å². The maximum atomic E-state index is 12.8. The Labute approximate surface area is 177 Å². The van der Waals surface area contributed by atoms with Crippen molar-refractivity contribution in [2.45, 2.75) is 69.7 Å². The molecule has 7 heteroatoms. The Hall–Kier alpha value is -2.70. The number of rotatable bonds is 3. The molecule has 1 aliphatic heterocycles. The highest BCUT2D eigenvalue weighted by Crippen LogP contribution is 2.35. The molecule has 30 heavy (non-hydrogen) atoms. The first-order valence-corrected chi connectivity index (χ1v) is 11.1. The Morgan fingerprint density at radius 3 is 2.57 bits per heavy atom. The summed E-state index contributed by atoms with van der Waals surface area (Å²) in [5.41, 5.74) is 1.31. The highest BCUT2D eigenvalue weighted by molar-refractivity contribution is 6.39. The maximum Gasteiger partial charge on any atom is 0.316 e. The SMILES string of the molecule is CC1(c2ccccc2)CCCN(C(=O)C(=O)Nc2ncn(C3CCCCC3)n2)CC1. The molecule has 1 aromatic heterocycles. The fourth-order valence-electron chi connectivity index (χ4n) is 4.76. The summed E-state index contributed by atoms with van der Waals surface area (Å²) in [7, 11) is 0. The number of hydrogen-bond donors (Lipinski definition) is 1. The Morgan fingerprint density at radius 1 is 1.03 bits per heavy atom. The Bertz CT molecular complexity index is 875. The topological polar surface area (TPSA) is 80.1 Å². The third-order valence-electron chi connectivity index (χ3n) is 6.72. The second-order valence-electron chi connectivity index (χ2n) is 8.87. The lowest BCUT2D eigenvalue weighted by atomic mass is 9.76. The van der Waals surface area contributed by atoms with Crippen molar-refractivity contribution in [2.75, 3.05) is 18.4 Å². The molecule has 1 aliphatic carbocycles. The van der Waals surface area contributed by atoms with Crippen LogP contribution in [-0.4, -0.2) is 44.6 Å². The second kappa shape index (κ2) is 8.98. The molecule has 2 aromatic rings. The van der Waals surface area contributed by atoms with Crippen LogP contribution in [0.3, 0.4) is 0 Å². The average molecular weight is 410 g/mol. The predicted octanol–water partition coefficient (Wildman–Crippen LogP) is 3.69. The summed E-state index contributed by atoms with van der Waals surface area (Å²) in [5, 5.41) is 6.98. The monoisotopic (exact) mass is 409 g/mol. The maximum absolute atomic E-state index is 12.8. The highest BCUT2D eigenvalue weighted by atomic mass is 16.2. The van der Waals surface area contributed by atoms with Crippen molar-refractivity contribution in [1.29, 1.82) is 0 Å². The Balaban J connectivity index is 1.35. The molecule has 0 radical (unpaired) electrons. The van der Waals surface area contributed by atoms with Crippen LogP contribution in [-0.2, 0) is 15.0 Å². The van der Waals surface area contributed by atoms with Gasteiger partial charge in [-0.05, 0) is 43.1 Å². The third kappa shape index (κ3) is 4.55. The van der Waals surface area contributed by atoms with Gasteiger partial charge in [0.1, 0.15) is 6.33 Å². The fourth-order valence-corrected chi connectivity index (χ4v) is 4.76. The first-order chi connectivity index (χ1) is 14.5. The van der Waals surface area contributed by atoms with Crippen molar-refractivity contribution >= 4 is 17.8 Å². The minimum atomic E-state index is -0.653. The smallest absolute Gasteiger partial charge is 0.316 e. The van der Waals surface area contributed by atoms with Crippen molar-refractivity contribution < 1.29 is 9.59 Å². The molecule has 160 valence electrons. The number of carbonyl (C=O) groups is 2. The number of aromatic nitrogens is 3. The molecular weight excluding hydrogens is 378 g/mol. The quantitative estimate of drug-likeness (QED) is 0.784. The van der Waals surface area contributed by atoms with E-state index >= 15 is 0 Å². The minimum Gasteiger partial charge on any atom is -0.334 e. The molecule has 0 bridgehead atoms. The largest absolute Gasteiger partial charge is 0.334 e. The van der Waals surface area contributed by atoms with E-state index in [0.717, 1.165) is 32.1 Å². The third-order valence-corrected chi connectivity index (χ3v) is 6.72. The Morgan fingerprint density at radius 2 is 1.80 bits per heavy atom. The van der Waals surface area contributed by atoms with E-state index < -0.39 is 11.8 Å². The molecular formula is C23H31N5O2. The molecule has 1 aromatic carbocycles. The van der Waals surface area contributed by atoms with Crippen LogP contribution >= 0.6 is 0 Å². The summed E-state index contributed by atoms with van der Waals surface area (Å²) in [4.78, 5) is 31.2. The van der Waals surface area contributed by atoms with Gasteiger partial charge in [-0.1, -0.05) is 56.5 Å². The van der Waals surface area contributed by atoms with Gasteiger partial charge < -0.3 is 4.90 Å². The normalized spacial score (nSPS) is 23.0. The summed E-state index contributed by atoms with van der Waals surface area (Å²) >= 11 is 0. The molecule has 0 spiro atoms. The first kappa shape index (κ1) is 20.6. The zero-order valence-corrected chi connectivity index (χ0v) is 17.7. The summed E-state index contributed by atoms with van der Waals surface area (Å²) < 4.78 is 1.83. The lowest BCUT2D eigenvalue weighted by Crippen LogP contribution is -2.40. The van der Waals surface area contributed by atoms with E-state index in [9.17, 15) is 9.59 Å². The lowest BCUT2D eigenvalue weighted by Gasteiger charge is -2.29. The van der Waals surface area contributed by atoms with Crippen molar-refractivity contribution in [3.63, 3.8) is 0 Å². The highest BCUT2D eigenvalue weighted by Gasteiger charge is 2.33. The van der Waals surface area contributed by atoms with E-state index in [1.807, 2.05) is 10.7 Å². The van der Waals surface area contributed by atoms with Gasteiger partial charge in [-0.2, -0.15) is 0 Å². The van der Waals surface area contributed by atoms with Gasteiger partial charge >= 0.3 is 11.8 Å². The molecule has 1 saturated heterocycles. The van der Waals surface area contributed by atoms with Crippen LogP contribution in [0.1, 0.15) is 69.9 Å². The predicted molar refractivity (Wildman–Crippen MR) is 115 cm³/mol. The van der Waals surface area contributed by atoms with Crippen molar-refractivity contribution in [3.8, 4) is 0 Å². The van der Waals surface area contributed by atoms with E-state index in [4.69, 9.17) is 0 Å². The van der Waals surface area contributed by atoms with Crippen LogP contribution in [0, 0.1) is 0 Å². The van der Waals surface area contributed by atoms with Gasteiger partial charge in [0.05, 0.1) is 6.04 Å². The van der Waals surface area contributed by atoms with Crippen LogP contribution in [0.2, 0.25) is 0 Å². The second-order valence-corrected chi connectivity index (χ2v) is 8.87. The van der Waals surface area contributed by atoms with Crippen LogP contribution in [0.5, 0.6) is 0 Å². The summed E-state index contributed by atoms with van der Waals surface area (Å²) in [6.45, 7) is 3.42. The average Bonchev–Trinajstić information content (AvgIpc) is 3.15. The number of nitrogens with zero attached hydrogens (tertiary/aromatic N) is 4. The summed E-state index contributed by atoms with van der Waals surface area (Å²) in [5.74, 6) is -0.941. The number of hydrogen-bond acceptors (Lipinski definition) is 4. The molecule has 2 aliphatic rings. The zero-order chi connectivity index (χ0) is 21.0. The molecule has 1 unspecified atom stereocenters. The molecule has 7 nitrogen and oxygen atoms in total. The number of likely N-dealkylation sites (tertiary alicyclic amines) is 1. The zero-order valence-electron chi connectivity index (χ0n) is 17.7. The molecule has 2 heterocycles. The number of amides is 2.